The standard InChI is InChI=1S/C30H26N2O6/c33-18-24(32-30(34)23-6-1-2-11-31-23)29-21(19-7-9-25-27(16-19)37-14-12-35-25)4-3-5-22(29)20-8-10-26-28(17-20)38-15-13-36-26/h1-11,16-17,24,33H,12-15,18H2,(H,32,34). The van der Waals surface area contributed by atoms with Gasteiger partial charge in [0.1, 0.15) is 32.1 Å². The van der Waals surface area contributed by atoms with E-state index in [-0.39, 0.29) is 18.2 Å². The van der Waals surface area contributed by atoms with Crippen molar-refractivity contribution in [2.24, 2.45) is 0 Å². The molecular formula is C30H26N2O6. The molecule has 3 aromatic carbocycles. The summed E-state index contributed by atoms with van der Waals surface area (Å²) in [7, 11) is 0. The van der Waals surface area contributed by atoms with E-state index < -0.39 is 6.04 Å². The summed E-state index contributed by atoms with van der Waals surface area (Å²) >= 11 is 0. The molecule has 8 nitrogen and oxygen atoms in total. The lowest BCUT2D eigenvalue weighted by molar-refractivity contribution is 0.0911. The van der Waals surface area contributed by atoms with E-state index in [9.17, 15) is 9.90 Å². The Kier molecular flexibility index (Phi) is 6.54. The van der Waals surface area contributed by atoms with Gasteiger partial charge in [-0.15, -0.1) is 0 Å². The van der Waals surface area contributed by atoms with Crippen molar-refractivity contribution < 1.29 is 28.8 Å². The van der Waals surface area contributed by atoms with E-state index in [1.54, 1.807) is 24.4 Å². The lowest BCUT2D eigenvalue weighted by Crippen LogP contribution is -2.32. The van der Waals surface area contributed by atoms with Crippen molar-refractivity contribution in [2.45, 2.75) is 6.04 Å². The highest BCUT2D eigenvalue weighted by atomic mass is 16.6. The van der Waals surface area contributed by atoms with Crippen LogP contribution in [0.4, 0.5) is 0 Å². The highest BCUT2D eigenvalue weighted by Gasteiger charge is 2.25. The summed E-state index contributed by atoms with van der Waals surface area (Å²) in [5, 5.41) is 13.6. The molecule has 38 heavy (non-hydrogen) atoms. The van der Waals surface area contributed by atoms with Gasteiger partial charge in [0, 0.05) is 6.20 Å². The van der Waals surface area contributed by atoms with Gasteiger partial charge in [-0.25, -0.2) is 0 Å². The van der Waals surface area contributed by atoms with Crippen LogP contribution in [0.5, 0.6) is 23.0 Å². The largest absolute Gasteiger partial charge is 0.486 e. The number of aromatic nitrogens is 1. The summed E-state index contributed by atoms with van der Waals surface area (Å²) in [5.74, 6) is 2.30. The van der Waals surface area contributed by atoms with E-state index in [1.165, 1.54) is 0 Å². The average molecular weight is 511 g/mol. The fourth-order valence-corrected chi connectivity index (χ4v) is 4.80. The van der Waals surface area contributed by atoms with Gasteiger partial charge in [-0.1, -0.05) is 36.4 Å². The number of nitrogens with zero attached hydrogens (tertiary/aromatic N) is 1. The van der Waals surface area contributed by atoms with Gasteiger partial charge in [0.05, 0.1) is 12.6 Å². The Morgan fingerprint density at radius 3 is 1.87 bits per heavy atom. The molecule has 4 aromatic rings. The molecule has 8 heteroatoms. The van der Waals surface area contributed by atoms with Crippen LogP contribution in [0.15, 0.2) is 79.0 Å². The first-order valence-corrected chi connectivity index (χ1v) is 12.5. The molecule has 192 valence electrons. The summed E-state index contributed by atoms with van der Waals surface area (Å²) < 4.78 is 23.1. The number of carbonyl (C=O) groups excluding carboxylic acids is 1. The minimum absolute atomic E-state index is 0.267. The van der Waals surface area contributed by atoms with Crippen molar-refractivity contribution >= 4 is 5.91 Å². The Hall–Kier alpha value is -4.56. The third-order valence-corrected chi connectivity index (χ3v) is 6.55. The molecule has 0 radical (unpaired) electrons. The van der Waals surface area contributed by atoms with Crippen LogP contribution < -0.4 is 24.3 Å². The van der Waals surface area contributed by atoms with Crippen LogP contribution in [-0.4, -0.2) is 49.0 Å². The lowest BCUT2D eigenvalue weighted by atomic mass is 9.87. The smallest absolute Gasteiger partial charge is 0.270 e. The number of amides is 1. The van der Waals surface area contributed by atoms with E-state index in [0.717, 1.165) is 27.8 Å². The summed E-state index contributed by atoms with van der Waals surface area (Å²) in [4.78, 5) is 17.3. The predicted molar refractivity (Wildman–Crippen MR) is 141 cm³/mol. The third kappa shape index (κ3) is 4.62. The summed E-state index contributed by atoms with van der Waals surface area (Å²) in [6.07, 6.45) is 1.56. The van der Waals surface area contributed by atoms with E-state index in [1.807, 2.05) is 54.6 Å². The van der Waals surface area contributed by atoms with Gasteiger partial charge in [0.2, 0.25) is 0 Å². The Bertz CT molecular complexity index is 1400. The molecule has 1 atom stereocenters. The first-order valence-electron chi connectivity index (χ1n) is 12.5. The quantitative estimate of drug-likeness (QED) is 0.396. The molecule has 2 aliphatic heterocycles. The first-order chi connectivity index (χ1) is 18.7. The molecule has 1 amide bonds. The van der Waals surface area contributed by atoms with Gasteiger partial charge in [-0.3, -0.25) is 9.78 Å². The molecule has 0 fully saturated rings. The van der Waals surface area contributed by atoms with Crippen molar-refractivity contribution in [3.05, 3.63) is 90.3 Å². The predicted octanol–water partition coefficient (Wildman–Crippen LogP) is 4.42. The lowest BCUT2D eigenvalue weighted by Gasteiger charge is -2.25. The number of benzene rings is 3. The Labute approximate surface area is 219 Å². The molecule has 6 rings (SSSR count). The summed E-state index contributed by atoms with van der Waals surface area (Å²) in [6, 6.07) is 21.8. The second-order valence-corrected chi connectivity index (χ2v) is 8.91. The van der Waals surface area contributed by atoms with Gasteiger partial charge in [0.15, 0.2) is 23.0 Å². The number of nitrogens with one attached hydrogen (secondary N) is 1. The number of fused-ring (bicyclic) bond motifs is 2. The van der Waals surface area contributed by atoms with Gasteiger partial charge < -0.3 is 29.4 Å². The maximum absolute atomic E-state index is 13.1. The molecule has 2 aliphatic rings. The molecule has 3 heterocycles. The number of hydrogen-bond donors (Lipinski definition) is 2. The van der Waals surface area contributed by atoms with E-state index in [4.69, 9.17) is 18.9 Å². The molecule has 0 spiro atoms. The zero-order valence-corrected chi connectivity index (χ0v) is 20.6. The maximum atomic E-state index is 13.1. The van der Waals surface area contributed by atoms with Crippen LogP contribution >= 0.6 is 0 Å². The van der Waals surface area contributed by atoms with Gasteiger partial charge >= 0.3 is 0 Å². The average Bonchev–Trinajstić information content (AvgIpc) is 2.99. The van der Waals surface area contributed by atoms with Crippen LogP contribution in [0.2, 0.25) is 0 Å². The Balaban J connectivity index is 1.48. The highest BCUT2D eigenvalue weighted by molar-refractivity contribution is 5.93. The molecular weight excluding hydrogens is 484 g/mol. The minimum atomic E-state index is -0.725. The van der Waals surface area contributed by atoms with Crippen LogP contribution in [0.3, 0.4) is 0 Å². The third-order valence-electron chi connectivity index (χ3n) is 6.55. The van der Waals surface area contributed by atoms with Crippen molar-refractivity contribution in [3.8, 4) is 45.3 Å². The second-order valence-electron chi connectivity index (χ2n) is 8.91. The normalized spacial score (nSPS) is 14.4. The summed E-state index contributed by atoms with van der Waals surface area (Å²) in [6.45, 7) is 1.63. The first kappa shape index (κ1) is 23.8. The second kappa shape index (κ2) is 10.4. The molecule has 1 aromatic heterocycles. The molecule has 0 saturated carbocycles. The topological polar surface area (TPSA) is 99.1 Å². The molecule has 2 N–H and O–H groups in total. The zero-order valence-electron chi connectivity index (χ0n) is 20.6. The Morgan fingerprint density at radius 2 is 1.34 bits per heavy atom. The molecule has 0 aliphatic carbocycles. The van der Waals surface area contributed by atoms with Crippen LogP contribution in [0, 0.1) is 0 Å². The van der Waals surface area contributed by atoms with Gasteiger partial charge in [0.25, 0.3) is 5.91 Å². The number of carbonyl (C=O) groups is 1. The van der Waals surface area contributed by atoms with E-state index in [2.05, 4.69) is 10.3 Å². The fourth-order valence-electron chi connectivity index (χ4n) is 4.80. The Morgan fingerprint density at radius 1 is 0.763 bits per heavy atom. The van der Waals surface area contributed by atoms with Crippen LogP contribution in [0.25, 0.3) is 22.3 Å². The molecule has 1 unspecified atom stereocenters. The van der Waals surface area contributed by atoms with Crippen LogP contribution in [0.1, 0.15) is 22.1 Å². The molecule has 0 saturated heterocycles. The molecule has 0 bridgehead atoms. The number of pyridine rings is 1. The fraction of sp³-hybridized carbons (Fsp3) is 0.200. The minimum Gasteiger partial charge on any atom is -0.486 e. The number of aliphatic hydroxyl groups is 1. The number of aliphatic hydroxyl groups excluding tert-OH is 1. The van der Waals surface area contributed by atoms with Crippen LogP contribution in [-0.2, 0) is 0 Å². The van der Waals surface area contributed by atoms with Gasteiger partial charge in [-0.2, -0.15) is 0 Å². The monoisotopic (exact) mass is 510 g/mol. The summed E-state index contributed by atoms with van der Waals surface area (Å²) in [5.41, 5.74) is 4.45. The highest BCUT2D eigenvalue weighted by Crippen LogP contribution is 2.42. The van der Waals surface area contributed by atoms with E-state index >= 15 is 0 Å². The number of hydrogen-bond acceptors (Lipinski definition) is 7. The maximum Gasteiger partial charge on any atom is 0.270 e. The SMILES string of the molecule is O=C(NC(CO)c1c(-c2ccc3c(c2)OCCO3)cccc1-c1ccc2c(c1)OCCO2)c1ccccn1. The van der Waals surface area contributed by atoms with Crippen molar-refractivity contribution in [3.63, 3.8) is 0 Å². The zero-order chi connectivity index (χ0) is 25.9. The number of ether oxygens (including phenoxy) is 4. The van der Waals surface area contributed by atoms with Crippen molar-refractivity contribution in [1.29, 1.82) is 0 Å². The van der Waals surface area contributed by atoms with Crippen molar-refractivity contribution in [2.75, 3.05) is 33.0 Å². The van der Waals surface area contributed by atoms with Gasteiger partial charge in [-0.05, 0) is 64.2 Å². The van der Waals surface area contributed by atoms with E-state index in [0.29, 0.717) is 49.4 Å². The van der Waals surface area contributed by atoms with Crippen molar-refractivity contribution in [1.82, 2.24) is 10.3 Å². The number of rotatable bonds is 6.